The zero-order valence-electron chi connectivity index (χ0n) is 13.1. The molecule has 0 bridgehead atoms. The molecule has 122 valence electrons. The first-order valence-electron chi connectivity index (χ1n) is 7.50. The van der Waals surface area contributed by atoms with Crippen molar-refractivity contribution < 1.29 is 0 Å². The molecule has 0 spiro atoms. The first-order chi connectivity index (χ1) is 11.7. The summed E-state index contributed by atoms with van der Waals surface area (Å²) in [6, 6.07) is 11.6. The largest absolute Gasteiger partial charge is 0.393 e. The molecule has 0 saturated heterocycles. The zero-order valence-corrected chi connectivity index (χ0v) is 13.9. The second-order valence-electron chi connectivity index (χ2n) is 5.15. The number of nitrogens with one attached hydrogen (secondary N) is 2. The van der Waals surface area contributed by atoms with Crippen LogP contribution >= 0.6 is 11.6 Å². The Labute approximate surface area is 145 Å². The minimum atomic E-state index is 0.411. The van der Waals surface area contributed by atoms with E-state index in [0.29, 0.717) is 28.2 Å². The van der Waals surface area contributed by atoms with E-state index in [2.05, 4.69) is 44.6 Å². The van der Waals surface area contributed by atoms with E-state index < -0.39 is 0 Å². The number of nitrogens with zero attached hydrogens (tertiary/aromatic N) is 3. The fraction of sp³-hybridized carbons (Fsp3) is 0.118. The Balaban J connectivity index is 1.80. The molecular formula is C17H17ClN6. The average Bonchev–Trinajstić information content (AvgIpc) is 2.61. The monoisotopic (exact) mass is 340 g/mol. The van der Waals surface area contributed by atoms with Crippen LogP contribution in [0.3, 0.4) is 0 Å². The number of aromatic nitrogens is 3. The molecule has 0 aliphatic rings. The van der Waals surface area contributed by atoms with Crippen molar-refractivity contribution in [3.8, 4) is 0 Å². The molecular weight excluding hydrogens is 324 g/mol. The van der Waals surface area contributed by atoms with E-state index in [-0.39, 0.29) is 0 Å². The molecule has 0 fully saturated rings. The summed E-state index contributed by atoms with van der Waals surface area (Å²) in [6.45, 7) is 2.12. The van der Waals surface area contributed by atoms with Crippen LogP contribution in [0.4, 0.5) is 28.8 Å². The number of rotatable bonds is 5. The van der Waals surface area contributed by atoms with Crippen molar-refractivity contribution in [2.75, 3.05) is 16.4 Å². The smallest absolute Gasteiger partial charge is 0.160 e. The molecule has 0 amide bonds. The van der Waals surface area contributed by atoms with Gasteiger partial charge in [-0.3, -0.25) is 0 Å². The molecule has 0 saturated carbocycles. The van der Waals surface area contributed by atoms with E-state index in [0.717, 1.165) is 12.1 Å². The lowest BCUT2D eigenvalue weighted by molar-refractivity contribution is 1.14. The fourth-order valence-electron chi connectivity index (χ4n) is 2.13. The number of nitrogens with two attached hydrogens (primary N) is 1. The van der Waals surface area contributed by atoms with Crippen molar-refractivity contribution in [3.05, 3.63) is 59.5 Å². The standard InChI is InChI=1S/C17H17ClN6/c1-2-11-3-6-13(7-4-11)23-16-15(19)17(22-10-21-16)24-14-8-5-12(18)9-20-14/h3-10H,2,19H2,1H3,(H2,20,21,22,23,24). The van der Waals surface area contributed by atoms with Crippen LogP contribution < -0.4 is 16.4 Å². The summed E-state index contributed by atoms with van der Waals surface area (Å²) < 4.78 is 0. The van der Waals surface area contributed by atoms with Gasteiger partial charge in [-0.05, 0) is 36.2 Å². The maximum absolute atomic E-state index is 6.16. The van der Waals surface area contributed by atoms with Crippen LogP contribution in [0.15, 0.2) is 48.9 Å². The first kappa shape index (κ1) is 16.0. The molecule has 1 aromatic carbocycles. The lowest BCUT2D eigenvalue weighted by Gasteiger charge is -2.12. The Kier molecular flexibility index (Phi) is 4.77. The van der Waals surface area contributed by atoms with Gasteiger partial charge in [0.15, 0.2) is 11.6 Å². The molecule has 2 heterocycles. The van der Waals surface area contributed by atoms with Gasteiger partial charge < -0.3 is 16.4 Å². The SMILES string of the molecule is CCc1ccc(Nc2ncnc(Nc3ccc(Cl)cn3)c2N)cc1. The van der Waals surface area contributed by atoms with Gasteiger partial charge in [0, 0.05) is 11.9 Å². The van der Waals surface area contributed by atoms with Crippen LogP contribution in [0.25, 0.3) is 0 Å². The highest BCUT2D eigenvalue weighted by Gasteiger charge is 2.09. The van der Waals surface area contributed by atoms with Gasteiger partial charge in [-0.2, -0.15) is 0 Å². The molecule has 7 heteroatoms. The van der Waals surface area contributed by atoms with Crippen LogP contribution in [-0.2, 0) is 6.42 Å². The molecule has 0 unspecified atom stereocenters. The van der Waals surface area contributed by atoms with Gasteiger partial charge in [0.2, 0.25) is 0 Å². The van der Waals surface area contributed by atoms with Gasteiger partial charge in [-0.1, -0.05) is 30.7 Å². The van der Waals surface area contributed by atoms with E-state index >= 15 is 0 Å². The maximum atomic E-state index is 6.16. The van der Waals surface area contributed by atoms with Crippen LogP contribution in [0, 0.1) is 0 Å². The van der Waals surface area contributed by atoms with E-state index in [1.165, 1.54) is 11.9 Å². The minimum absolute atomic E-state index is 0.411. The Morgan fingerprint density at radius 2 is 1.67 bits per heavy atom. The average molecular weight is 341 g/mol. The third kappa shape index (κ3) is 3.72. The van der Waals surface area contributed by atoms with Crippen molar-refractivity contribution in [2.45, 2.75) is 13.3 Å². The first-order valence-corrected chi connectivity index (χ1v) is 7.88. The van der Waals surface area contributed by atoms with E-state index in [1.54, 1.807) is 18.3 Å². The summed E-state index contributed by atoms with van der Waals surface area (Å²) in [5, 5.41) is 6.82. The lowest BCUT2D eigenvalue weighted by Crippen LogP contribution is -2.05. The Morgan fingerprint density at radius 1 is 0.958 bits per heavy atom. The molecule has 3 aromatic rings. The summed E-state index contributed by atoms with van der Waals surface area (Å²) in [6.07, 6.45) is 3.99. The van der Waals surface area contributed by atoms with Gasteiger partial charge in [0.1, 0.15) is 17.8 Å². The molecule has 0 aliphatic carbocycles. The predicted octanol–water partition coefficient (Wildman–Crippen LogP) is 4.16. The zero-order chi connectivity index (χ0) is 16.9. The topological polar surface area (TPSA) is 88.8 Å². The number of hydrogen-bond acceptors (Lipinski definition) is 6. The highest BCUT2D eigenvalue weighted by Crippen LogP contribution is 2.27. The second-order valence-corrected chi connectivity index (χ2v) is 5.58. The molecule has 0 aliphatic heterocycles. The normalized spacial score (nSPS) is 10.4. The number of nitrogen functional groups attached to an aromatic ring is 1. The third-order valence-electron chi connectivity index (χ3n) is 3.48. The number of benzene rings is 1. The van der Waals surface area contributed by atoms with Crippen molar-refractivity contribution >= 4 is 40.4 Å². The van der Waals surface area contributed by atoms with Gasteiger partial charge in [-0.25, -0.2) is 15.0 Å². The van der Waals surface area contributed by atoms with Crippen LogP contribution in [0.2, 0.25) is 5.02 Å². The summed E-state index contributed by atoms with van der Waals surface area (Å²) in [5.74, 6) is 1.61. The van der Waals surface area contributed by atoms with Gasteiger partial charge in [-0.15, -0.1) is 0 Å². The second kappa shape index (κ2) is 7.14. The van der Waals surface area contributed by atoms with E-state index in [1.807, 2.05) is 12.1 Å². The molecule has 24 heavy (non-hydrogen) atoms. The van der Waals surface area contributed by atoms with Crippen LogP contribution in [0.1, 0.15) is 12.5 Å². The third-order valence-corrected chi connectivity index (χ3v) is 3.71. The summed E-state index contributed by atoms with van der Waals surface area (Å²) in [7, 11) is 0. The van der Waals surface area contributed by atoms with Crippen molar-refractivity contribution in [1.29, 1.82) is 0 Å². The molecule has 0 radical (unpaired) electrons. The van der Waals surface area contributed by atoms with Crippen molar-refractivity contribution in [3.63, 3.8) is 0 Å². The molecule has 3 rings (SSSR count). The molecule has 0 atom stereocenters. The lowest BCUT2D eigenvalue weighted by atomic mass is 10.1. The highest BCUT2D eigenvalue weighted by molar-refractivity contribution is 6.30. The number of pyridine rings is 1. The quantitative estimate of drug-likeness (QED) is 0.646. The Hall–Kier alpha value is -2.86. The van der Waals surface area contributed by atoms with E-state index in [9.17, 15) is 0 Å². The van der Waals surface area contributed by atoms with Crippen molar-refractivity contribution in [2.24, 2.45) is 0 Å². The number of hydrogen-bond donors (Lipinski definition) is 3. The highest BCUT2D eigenvalue weighted by atomic mass is 35.5. The van der Waals surface area contributed by atoms with Gasteiger partial charge in [0.25, 0.3) is 0 Å². The van der Waals surface area contributed by atoms with Gasteiger partial charge >= 0.3 is 0 Å². The molecule has 4 N–H and O–H groups in total. The summed E-state index contributed by atoms with van der Waals surface area (Å²) in [4.78, 5) is 12.5. The fourth-order valence-corrected chi connectivity index (χ4v) is 2.24. The van der Waals surface area contributed by atoms with Crippen molar-refractivity contribution in [1.82, 2.24) is 15.0 Å². The summed E-state index contributed by atoms with van der Waals surface area (Å²) in [5.41, 5.74) is 8.75. The summed E-state index contributed by atoms with van der Waals surface area (Å²) >= 11 is 5.83. The Bertz CT molecular complexity index is 817. The number of anilines is 5. The molecule has 6 nitrogen and oxygen atoms in total. The number of aryl methyl sites for hydroxylation is 1. The predicted molar refractivity (Wildman–Crippen MR) is 98.1 cm³/mol. The Morgan fingerprint density at radius 3 is 2.29 bits per heavy atom. The number of halogens is 1. The molecule has 2 aromatic heterocycles. The van der Waals surface area contributed by atoms with E-state index in [4.69, 9.17) is 17.3 Å². The van der Waals surface area contributed by atoms with Crippen LogP contribution in [-0.4, -0.2) is 15.0 Å². The maximum Gasteiger partial charge on any atom is 0.160 e. The van der Waals surface area contributed by atoms with Gasteiger partial charge in [0.05, 0.1) is 5.02 Å². The van der Waals surface area contributed by atoms with Crippen LogP contribution in [0.5, 0.6) is 0 Å². The minimum Gasteiger partial charge on any atom is -0.393 e.